The number of carbonyl (C=O) groups is 1. The summed E-state index contributed by atoms with van der Waals surface area (Å²) >= 11 is 0. The predicted molar refractivity (Wildman–Crippen MR) is 79.0 cm³/mol. The van der Waals surface area contributed by atoms with Crippen LogP contribution in [0.2, 0.25) is 0 Å². The Bertz CT molecular complexity index is 280. The van der Waals surface area contributed by atoms with Crippen molar-refractivity contribution in [1.82, 2.24) is 5.32 Å². The van der Waals surface area contributed by atoms with Gasteiger partial charge in [0.1, 0.15) is 12.1 Å². The van der Waals surface area contributed by atoms with E-state index >= 15 is 0 Å². The SMILES string of the molecule is CCC(C)(C)CC(OC(=O)C1CCCCN1)C(C)C. The average molecular weight is 269 g/mol. The number of carbonyl (C=O) groups excluding carboxylic acids is 1. The average Bonchev–Trinajstić information content (AvgIpc) is 2.38. The van der Waals surface area contributed by atoms with E-state index in [0.29, 0.717) is 5.92 Å². The Labute approximate surface area is 118 Å². The molecule has 1 saturated heterocycles. The zero-order chi connectivity index (χ0) is 14.5. The monoisotopic (exact) mass is 269 g/mol. The van der Waals surface area contributed by atoms with Gasteiger partial charge in [-0.2, -0.15) is 0 Å². The van der Waals surface area contributed by atoms with Crippen molar-refractivity contribution in [2.45, 2.75) is 78.9 Å². The second kappa shape index (κ2) is 7.28. The summed E-state index contributed by atoms with van der Waals surface area (Å²) in [5.41, 5.74) is 0.231. The van der Waals surface area contributed by atoms with Gasteiger partial charge >= 0.3 is 5.97 Å². The van der Waals surface area contributed by atoms with Crippen molar-refractivity contribution in [1.29, 1.82) is 0 Å². The minimum atomic E-state index is -0.0836. The molecule has 1 aliphatic rings. The number of piperidine rings is 1. The van der Waals surface area contributed by atoms with Gasteiger partial charge in [0.15, 0.2) is 0 Å². The molecule has 0 aliphatic carbocycles. The standard InChI is InChI=1S/C16H31NO2/c1-6-16(4,5)11-14(12(2)3)19-15(18)13-9-7-8-10-17-13/h12-14,17H,6-11H2,1-5H3. The third-order valence-corrected chi connectivity index (χ3v) is 4.32. The molecule has 0 aromatic carbocycles. The molecular formula is C16H31NO2. The van der Waals surface area contributed by atoms with E-state index in [9.17, 15) is 4.79 Å². The minimum Gasteiger partial charge on any atom is -0.461 e. The molecule has 1 aliphatic heterocycles. The molecule has 3 heteroatoms. The fraction of sp³-hybridized carbons (Fsp3) is 0.938. The molecule has 0 radical (unpaired) electrons. The van der Waals surface area contributed by atoms with Crippen LogP contribution in [0, 0.1) is 11.3 Å². The highest BCUT2D eigenvalue weighted by atomic mass is 16.5. The maximum atomic E-state index is 12.2. The van der Waals surface area contributed by atoms with Gasteiger partial charge in [-0.15, -0.1) is 0 Å². The van der Waals surface area contributed by atoms with Gasteiger partial charge in [0.25, 0.3) is 0 Å². The highest BCUT2D eigenvalue weighted by molar-refractivity contribution is 5.76. The summed E-state index contributed by atoms with van der Waals surface area (Å²) in [7, 11) is 0. The zero-order valence-electron chi connectivity index (χ0n) is 13.3. The fourth-order valence-electron chi connectivity index (χ4n) is 2.39. The van der Waals surface area contributed by atoms with E-state index in [1.807, 2.05) is 0 Å². The van der Waals surface area contributed by atoms with Gasteiger partial charge < -0.3 is 10.1 Å². The number of rotatable bonds is 6. The van der Waals surface area contributed by atoms with Crippen LogP contribution in [0.5, 0.6) is 0 Å². The van der Waals surface area contributed by atoms with Crippen LogP contribution in [0.25, 0.3) is 0 Å². The Balaban J connectivity index is 2.55. The van der Waals surface area contributed by atoms with Crippen molar-refractivity contribution in [3.05, 3.63) is 0 Å². The van der Waals surface area contributed by atoms with Crippen molar-refractivity contribution < 1.29 is 9.53 Å². The van der Waals surface area contributed by atoms with Gasteiger partial charge in [-0.1, -0.05) is 47.5 Å². The molecule has 1 fully saturated rings. The summed E-state index contributed by atoms with van der Waals surface area (Å²) in [4.78, 5) is 12.2. The summed E-state index contributed by atoms with van der Waals surface area (Å²) in [5, 5.41) is 3.27. The Hall–Kier alpha value is -0.570. The topological polar surface area (TPSA) is 38.3 Å². The maximum absolute atomic E-state index is 12.2. The third kappa shape index (κ3) is 5.52. The van der Waals surface area contributed by atoms with Crippen LogP contribution < -0.4 is 5.32 Å². The molecule has 1 heterocycles. The lowest BCUT2D eigenvalue weighted by atomic mass is 9.81. The van der Waals surface area contributed by atoms with E-state index in [0.717, 1.165) is 32.2 Å². The van der Waals surface area contributed by atoms with Gasteiger partial charge in [-0.3, -0.25) is 4.79 Å². The predicted octanol–water partition coefficient (Wildman–Crippen LogP) is 3.52. The van der Waals surface area contributed by atoms with Crippen molar-refractivity contribution in [3.63, 3.8) is 0 Å². The van der Waals surface area contributed by atoms with Crippen molar-refractivity contribution in [2.75, 3.05) is 6.54 Å². The van der Waals surface area contributed by atoms with Crippen LogP contribution >= 0.6 is 0 Å². The molecule has 0 aromatic heterocycles. The molecule has 0 bridgehead atoms. The summed E-state index contributed by atoms with van der Waals surface area (Å²) in [5.74, 6) is 0.323. The second-order valence-electron chi connectivity index (χ2n) is 6.94. The molecule has 2 unspecified atom stereocenters. The van der Waals surface area contributed by atoms with Gasteiger partial charge in [-0.05, 0) is 37.1 Å². The van der Waals surface area contributed by atoms with E-state index in [1.165, 1.54) is 6.42 Å². The first kappa shape index (κ1) is 16.5. The smallest absolute Gasteiger partial charge is 0.323 e. The molecule has 19 heavy (non-hydrogen) atoms. The highest BCUT2D eigenvalue weighted by Gasteiger charge is 2.30. The Kier molecular flexibility index (Phi) is 6.31. The summed E-state index contributed by atoms with van der Waals surface area (Å²) in [6.07, 6.45) is 5.29. The minimum absolute atomic E-state index is 0.0335. The van der Waals surface area contributed by atoms with Crippen LogP contribution in [0.3, 0.4) is 0 Å². The van der Waals surface area contributed by atoms with Crippen LogP contribution in [-0.2, 0) is 9.53 Å². The first-order valence-electron chi connectivity index (χ1n) is 7.79. The molecule has 0 amide bonds. The number of hydrogen-bond donors (Lipinski definition) is 1. The Morgan fingerprint density at radius 3 is 2.53 bits per heavy atom. The summed E-state index contributed by atoms with van der Waals surface area (Å²) in [6, 6.07) is -0.0836. The van der Waals surface area contributed by atoms with E-state index in [-0.39, 0.29) is 23.5 Å². The largest absolute Gasteiger partial charge is 0.461 e. The normalized spacial score (nSPS) is 22.3. The summed E-state index contributed by atoms with van der Waals surface area (Å²) < 4.78 is 5.79. The molecule has 1 N–H and O–H groups in total. The molecule has 3 nitrogen and oxygen atoms in total. The second-order valence-corrected chi connectivity index (χ2v) is 6.94. The number of nitrogens with one attached hydrogen (secondary N) is 1. The van der Waals surface area contributed by atoms with E-state index in [1.54, 1.807) is 0 Å². The van der Waals surface area contributed by atoms with Crippen LogP contribution in [0.1, 0.15) is 66.7 Å². The molecule has 112 valence electrons. The first-order valence-corrected chi connectivity index (χ1v) is 7.79. The third-order valence-electron chi connectivity index (χ3n) is 4.32. The van der Waals surface area contributed by atoms with E-state index in [2.05, 4.69) is 39.9 Å². The summed E-state index contributed by atoms with van der Waals surface area (Å²) in [6.45, 7) is 11.9. The van der Waals surface area contributed by atoms with Crippen LogP contribution in [-0.4, -0.2) is 24.7 Å². The lowest BCUT2D eigenvalue weighted by molar-refractivity contribution is -0.156. The van der Waals surface area contributed by atoms with E-state index in [4.69, 9.17) is 4.74 Å². The highest BCUT2D eigenvalue weighted by Crippen LogP contribution is 2.30. The van der Waals surface area contributed by atoms with Crippen LogP contribution in [0.4, 0.5) is 0 Å². The number of ether oxygens (including phenoxy) is 1. The van der Waals surface area contributed by atoms with Crippen molar-refractivity contribution in [3.8, 4) is 0 Å². The Morgan fingerprint density at radius 2 is 2.05 bits per heavy atom. The molecular weight excluding hydrogens is 238 g/mol. The van der Waals surface area contributed by atoms with Crippen molar-refractivity contribution >= 4 is 5.97 Å². The fourth-order valence-corrected chi connectivity index (χ4v) is 2.39. The Morgan fingerprint density at radius 1 is 1.37 bits per heavy atom. The maximum Gasteiger partial charge on any atom is 0.323 e. The van der Waals surface area contributed by atoms with Gasteiger partial charge in [0, 0.05) is 0 Å². The van der Waals surface area contributed by atoms with Gasteiger partial charge in [-0.25, -0.2) is 0 Å². The molecule has 1 rings (SSSR count). The van der Waals surface area contributed by atoms with Gasteiger partial charge in [0.05, 0.1) is 0 Å². The molecule has 0 aromatic rings. The molecule has 2 atom stereocenters. The number of hydrogen-bond acceptors (Lipinski definition) is 3. The number of esters is 1. The quantitative estimate of drug-likeness (QED) is 0.750. The molecule has 0 saturated carbocycles. The first-order chi connectivity index (χ1) is 8.85. The molecule has 0 spiro atoms. The van der Waals surface area contributed by atoms with Crippen molar-refractivity contribution in [2.24, 2.45) is 11.3 Å². The lowest BCUT2D eigenvalue weighted by Gasteiger charge is -2.32. The van der Waals surface area contributed by atoms with E-state index < -0.39 is 0 Å². The zero-order valence-corrected chi connectivity index (χ0v) is 13.3. The van der Waals surface area contributed by atoms with Crippen LogP contribution in [0.15, 0.2) is 0 Å². The lowest BCUT2D eigenvalue weighted by Crippen LogP contribution is -2.43. The van der Waals surface area contributed by atoms with Gasteiger partial charge in [0.2, 0.25) is 0 Å².